The lowest BCUT2D eigenvalue weighted by Crippen LogP contribution is -2.24. The van der Waals surface area contributed by atoms with Gasteiger partial charge >= 0.3 is 0 Å². The van der Waals surface area contributed by atoms with Crippen LogP contribution in [-0.2, 0) is 20.0 Å². The van der Waals surface area contributed by atoms with Gasteiger partial charge in [-0.3, -0.25) is 0 Å². The van der Waals surface area contributed by atoms with E-state index in [9.17, 15) is 0 Å². The highest BCUT2D eigenvalue weighted by Gasteiger charge is 2.14. The fourth-order valence-electron chi connectivity index (χ4n) is 1.69. The van der Waals surface area contributed by atoms with Crippen LogP contribution in [0.25, 0.3) is 0 Å². The number of hydrogen-bond donors (Lipinski definition) is 1. The lowest BCUT2D eigenvalue weighted by atomic mass is 10.1. The van der Waals surface area contributed by atoms with Gasteiger partial charge in [-0.2, -0.15) is 5.26 Å². The van der Waals surface area contributed by atoms with Crippen LogP contribution in [0, 0.1) is 11.3 Å². The normalized spacial score (nSPS) is 14.2. The Bertz CT molecular complexity index is 348. The maximum absolute atomic E-state index is 8.78. The van der Waals surface area contributed by atoms with E-state index in [0.29, 0.717) is 0 Å². The molecule has 1 N–H and O–H groups in total. The zero-order valence-corrected chi connectivity index (χ0v) is 8.32. The fourth-order valence-corrected chi connectivity index (χ4v) is 1.69. The minimum atomic E-state index is 0. The second-order valence-corrected chi connectivity index (χ2v) is 3.10. The summed E-state index contributed by atoms with van der Waals surface area (Å²) in [6, 6.07) is 4.18. The van der Waals surface area contributed by atoms with Gasteiger partial charge in [0.15, 0.2) is 0 Å². The average Bonchev–Trinajstić information content (AvgIpc) is 2.44. The maximum Gasteiger partial charge on any atom is 0.120 e. The third-order valence-corrected chi connectivity index (χ3v) is 2.43. The standard InChI is InChI=1S/C9H11N3.ClH/c1-12-8(5-10)4-7-2-3-11-6-9(7)12;/h4,11H,2-3,6H2,1H3;1H. The number of nitrogens with zero attached hydrogens (tertiary/aromatic N) is 2. The highest BCUT2D eigenvalue weighted by Crippen LogP contribution is 2.17. The molecule has 0 aromatic carbocycles. The predicted molar refractivity (Wildman–Crippen MR) is 52.8 cm³/mol. The topological polar surface area (TPSA) is 40.8 Å². The Morgan fingerprint density at radius 3 is 3.00 bits per heavy atom. The maximum atomic E-state index is 8.78. The van der Waals surface area contributed by atoms with Gasteiger partial charge in [0.05, 0.1) is 0 Å². The molecule has 1 aromatic heterocycles. The van der Waals surface area contributed by atoms with Crippen molar-refractivity contribution in [3.05, 3.63) is 23.0 Å². The van der Waals surface area contributed by atoms with Crippen molar-refractivity contribution in [3.8, 4) is 6.07 Å². The summed E-state index contributed by atoms with van der Waals surface area (Å²) in [5.41, 5.74) is 3.36. The van der Waals surface area contributed by atoms with E-state index >= 15 is 0 Å². The number of halogens is 1. The first kappa shape index (κ1) is 10.1. The number of hydrogen-bond acceptors (Lipinski definition) is 2. The van der Waals surface area contributed by atoms with Gasteiger partial charge in [-0.15, -0.1) is 12.4 Å². The van der Waals surface area contributed by atoms with Gasteiger partial charge in [-0.25, -0.2) is 0 Å². The van der Waals surface area contributed by atoms with Crippen LogP contribution >= 0.6 is 12.4 Å². The van der Waals surface area contributed by atoms with Crippen LogP contribution in [0.2, 0.25) is 0 Å². The summed E-state index contributed by atoms with van der Waals surface area (Å²) in [7, 11) is 1.95. The molecule has 0 bridgehead atoms. The van der Waals surface area contributed by atoms with Crippen LogP contribution in [0.3, 0.4) is 0 Å². The van der Waals surface area contributed by atoms with Crippen molar-refractivity contribution in [2.45, 2.75) is 13.0 Å². The molecule has 2 rings (SSSR count). The molecule has 4 heteroatoms. The summed E-state index contributed by atoms with van der Waals surface area (Å²) in [4.78, 5) is 0. The SMILES string of the molecule is Cl.Cn1c(C#N)cc2c1CNCC2. The van der Waals surface area contributed by atoms with E-state index in [4.69, 9.17) is 5.26 Å². The Kier molecular flexibility index (Phi) is 2.97. The molecule has 1 aliphatic rings. The van der Waals surface area contributed by atoms with Gasteiger partial charge in [0, 0.05) is 19.3 Å². The van der Waals surface area contributed by atoms with E-state index in [0.717, 1.165) is 25.2 Å². The van der Waals surface area contributed by atoms with Gasteiger partial charge in [-0.05, 0) is 24.6 Å². The number of rotatable bonds is 0. The summed E-state index contributed by atoms with van der Waals surface area (Å²) in [6.45, 7) is 1.93. The summed E-state index contributed by atoms with van der Waals surface area (Å²) in [5.74, 6) is 0. The number of nitrogens with one attached hydrogen (secondary N) is 1. The molecule has 70 valence electrons. The summed E-state index contributed by atoms with van der Waals surface area (Å²) in [6.07, 6.45) is 1.05. The van der Waals surface area contributed by atoms with Gasteiger partial charge < -0.3 is 9.88 Å². The molecule has 0 aliphatic carbocycles. The van der Waals surface area contributed by atoms with E-state index in [-0.39, 0.29) is 12.4 Å². The lowest BCUT2D eigenvalue weighted by molar-refractivity contribution is 0.609. The number of fused-ring (bicyclic) bond motifs is 1. The Balaban J connectivity index is 0.000000845. The van der Waals surface area contributed by atoms with Crippen molar-refractivity contribution in [3.63, 3.8) is 0 Å². The molecule has 0 saturated carbocycles. The van der Waals surface area contributed by atoms with E-state index in [2.05, 4.69) is 11.4 Å². The van der Waals surface area contributed by atoms with Crippen LogP contribution < -0.4 is 5.32 Å². The van der Waals surface area contributed by atoms with Gasteiger partial charge in [0.1, 0.15) is 11.8 Å². The van der Waals surface area contributed by atoms with Crippen molar-refractivity contribution in [1.82, 2.24) is 9.88 Å². The predicted octanol–water partition coefficient (Wildman–Crippen LogP) is 0.964. The Morgan fingerprint density at radius 1 is 1.62 bits per heavy atom. The Morgan fingerprint density at radius 2 is 2.38 bits per heavy atom. The molecule has 0 spiro atoms. The van der Waals surface area contributed by atoms with Crippen molar-refractivity contribution in [2.75, 3.05) is 6.54 Å². The molecule has 0 radical (unpaired) electrons. The van der Waals surface area contributed by atoms with E-state index in [1.807, 2.05) is 17.7 Å². The quantitative estimate of drug-likeness (QED) is 0.673. The summed E-state index contributed by atoms with van der Waals surface area (Å²) < 4.78 is 1.97. The number of aromatic nitrogens is 1. The van der Waals surface area contributed by atoms with Crippen LogP contribution in [-0.4, -0.2) is 11.1 Å². The molecule has 13 heavy (non-hydrogen) atoms. The minimum Gasteiger partial charge on any atom is -0.338 e. The molecule has 1 aliphatic heterocycles. The lowest BCUT2D eigenvalue weighted by Gasteiger charge is -2.14. The van der Waals surface area contributed by atoms with Crippen molar-refractivity contribution < 1.29 is 0 Å². The largest absolute Gasteiger partial charge is 0.338 e. The molecule has 0 unspecified atom stereocenters. The van der Waals surface area contributed by atoms with Crippen molar-refractivity contribution in [1.29, 1.82) is 5.26 Å². The van der Waals surface area contributed by atoms with Gasteiger partial charge in [0.25, 0.3) is 0 Å². The molecule has 3 nitrogen and oxygen atoms in total. The molecular formula is C9H12ClN3. The molecular weight excluding hydrogens is 186 g/mol. The first-order chi connectivity index (χ1) is 5.83. The third kappa shape index (κ3) is 1.55. The number of nitriles is 1. The van der Waals surface area contributed by atoms with Crippen molar-refractivity contribution in [2.24, 2.45) is 7.05 Å². The van der Waals surface area contributed by atoms with Gasteiger partial charge in [0.2, 0.25) is 0 Å². The van der Waals surface area contributed by atoms with Crippen LogP contribution in [0.4, 0.5) is 0 Å². The first-order valence-corrected chi connectivity index (χ1v) is 4.11. The van der Waals surface area contributed by atoms with Crippen LogP contribution in [0.1, 0.15) is 17.0 Å². The molecule has 0 atom stereocenters. The second-order valence-electron chi connectivity index (χ2n) is 3.10. The van der Waals surface area contributed by atoms with Crippen LogP contribution in [0.15, 0.2) is 6.07 Å². The molecule has 0 saturated heterocycles. The first-order valence-electron chi connectivity index (χ1n) is 4.11. The molecule has 0 amide bonds. The zero-order valence-electron chi connectivity index (χ0n) is 7.50. The zero-order chi connectivity index (χ0) is 8.55. The van der Waals surface area contributed by atoms with E-state index < -0.39 is 0 Å². The summed E-state index contributed by atoms with van der Waals surface area (Å²) >= 11 is 0. The smallest absolute Gasteiger partial charge is 0.120 e. The highest BCUT2D eigenvalue weighted by atomic mass is 35.5. The molecule has 1 aromatic rings. The van der Waals surface area contributed by atoms with E-state index in [1.165, 1.54) is 11.3 Å². The van der Waals surface area contributed by atoms with Gasteiger partial charge in [-0.1, -0.05) is 0 Å². The minimum absolute atomic E-state index is 0. The third-order valence-electron chi connectivity index (χ3n) is 2.43. The van der Waals surface area contributed by atoms with Crippen molar-refractivity contribution >= 4 is 12.4 Å². The monoisotopic (exact) mass is 197 g/mol. The average molecular weight is 198 g/mol. The fraction of sp³-hybridized carbons (Fsp3) is 0.444. The van der Waals surface area contributed by atoms with Crippen LogP contribution in [0.5, 0.6) is 0 Å². The highest BCUT2D eigenvalue weighted by molar-refractivity contribution is 5.85. The Hall–Kier alpha value is -0.980. The summed E-state index contributed by atoms with van der Waals surface area (Å²) in [5, 5.41) is 12.1. The molecule has 0 fully saturated rings. The second kappa shape index (κ2) is 3.82. The molecule has 2 heterocycles. The Labute approximate surface area is 83.8 Å². The van der Waals surface area contributed by atoms with E-state index in [1.54, 1.807) is 0 Å².